The first-order valence-corrected chi connectivity index (χ1v) is 4.78. The quantitative estimate of drug-likeness (QED) is 0.779. The van der Waals surface area contributed by atoms with Gasteiger partial charge in [0.15, 0.2) is 0 Å². The third-order valence-electron chi connectivity index (χ3n) is 1.64. The highest BCUT2D eigenvalue weighted by Crippen LogP contribution is 2.19. The van der Waals surface area contributed by atoms with E-state index in [1.54, 1.807) is 0 Å². The summed E-state index contributed by atoms with van der Waals surface area (Å²) >= 11 is 3.46. The van der Waals surface area contributed by atoms with Crippen LogP contribution in [0.5, 0.6) is 0 Å². The van der Waals surface area contributed by atoms with Crippen LogP contribution in [-0.4, -0.2) is 6.54 Å². The van der Waals surface area contributed by atoms with E-state index in [2.05, 4.69) is 28.2 Å². The third-order valence-corrected chi connectivity index (χ3v) is 2.38. The van der Waals surface area contributed by atoms with E-state index >= 15 is 0 Å². The summed E-state index contributed by atoms with van der Waals surface area (Å²) in [5.74, 6) is 0. The Balaban J connectivity index is 2.72. The van der Waals surface area contributed by atoms with Crippen LogP contribution in [0.25, 0.3) is 0 Å². The summed E-state index contributed by atoms with van der Waals surface area (Å²) in [6.07, 6.45) is 0. The standard InChI is InChI=1S/C9H13BrN2/c1-2-12-6-7-3-4-8(11)5-9(7)10/h3-5,12H,2,6,11H2,1H3. The second-order valence-electron chi connectivity index (χ2n) is 2.63. The molecule has 0 bridgehead atoms. The van der Waals surface area contributed by atoms with Gasteiger partial charge in [-0.2, -0.15) is 0 Å². The third kappa shape index (κ3) is 2.50. The van der Waals surface area contributed by atoms with Gasteiger partial charge < -0.3 is 11.1 Å². The van der Waals surface area contributed by atoms with E-state index in [1.807, 2.05) is 18.2 Å². The van der Waals surface area contributed by atoms with Crippen molar-refractivity contribution >= 4 is 21.6 Å². The summed E-state index contributed by atoms with van der Waals surface area (Å²) in [5.41, 5.74) is 7.64. The predicted molar refractivity (Wildman–Crippen MR) is 55.9 cm³/mol. The molecule has 1 aromatic rings. The van der Waals surface area contributed by atoms with Crippen LogP contribution in [0.3, 0.4) is 0 Å². The van der Waals surface area contributed by atoms with Crippen molar-refractivity contribution in [1.29, 1.82) is 0 Å². The van der Waals surface area contributed by atoms with E-state index < -0.39 is 0 Å². The Morgan fingerprint density at radius 2 is 2.25 bits per heavy atom. The number of nitrogen functional groups attached to an aromatic ring is 1. The Hall–Kier alpha value is -0.540. The lowest BCUT2D eigenvalue weighted by Gasteiger charge is -2.05. The maximum absolute atomic E-state index is 5.61. The average Bonchev–Trinajstić information content (AvgIpc) is 2.03. The molecule has 0 aliphatic rings. The number of nitrogens with two attached hydrogens (primary N) is 1. The largest absolute Gasteiger partial charge is 0.399 e. The van der Waals surface area contributed by atoms with Crippen LogP contribution in [0.4, 0.5) is 5.69 Å². The smallest absolute Gasteiger partial charge is 0.0325 e. The van der Waals surface area contributed by atoms with Gasteiger partial charge in [0.1, 0.15) is 0 Å². The minimum Gasteiger partial charge on any atom is -0.399 e. The summed E-state index contributed by atoms with van der Waals surface area (Å²) in [7, 11) is 0. The van der Waals surface area contributed by atoms with Crippen LogP contribution in [-0.2, 0) is 6.54 Å². The Kier molecular flexibility index (Phi) is 3.56. The van der Waals surface area contributed by atoms with Gasteiger partial charge in [0.25, 0.3) is 0 Å². The maximum atomic E-state index is 5.61. The van der Waals surface area contributed by atoms with E-state index in [0.717, 1.165) is 23.2 Å². The van der Waals surface area contributed by atoms with Gasteiger partial charge >= 0.3 is 0 Å². The van der Waals surface area contributed by atoms with E-state index in [4.69, 9.17) is 5.73 Å². The molecule has 0 heterocycles. The monoisotopic (exact) mass is 228 g/mol. The SMILES string of the molecule is CCNCc1ccc(N)cc1Br. The van der Waals surface area contributed by atoms with Gasteiger partial charge in [-0.25, -0.2) is 0 Å². The van der Waals surface area contributed by atoms with Crippen LogP contribution < -0.4 is 11.1 Å². The van der Waals surface area contributed by atoms with Crippen molar-refractivity contribution < 1.29 is 0 Å². The van der Waals surface area contributed by atoms with Crippen LogP contribution in [0.2, 0.25) is 0 Å². The Morgan fingerprint density at radius 3 is 2.83 bits per heavy atom. The lowest BCUT2D eigenvalue weighted by Crippen LogP contribution is -2.12. The molecule has 3 N–H and O–H groups in total. The zero-order valence-electron chi connectivity index (χ0n) is 7.10. The van der Waals surface area contributed by atoms with Crippen LogP contribution in [0.15, 0.2) is 22.7 Å². The van der Waals surface area contributed by atoms with Gasteiger partial charge in [0.2, 0.25) is 0 Å². The Labute approximate surface area is 81.3 Å². The maximum Gasteiger partial charge on any atom is 0.0325 e. The fraction of sp³-hybridized carbons (Fsp3) is 0.333. The number of nitrogens with one attached hydrogen (secondary N) is 1. The highest BCUT2D eigenvalue weighted by atomic mass is 79.9. The van der Waals surface area contributed by atoms with Crippen LogP contribution in [0, 0.1) is 0 Å². The molecule has 1 aromatic carbocycles. The molecule has 12 heavy (non-hydrogen) atoms. The first-order valence-electron chi connectivity index (χ1n) is 3.98. The summed E-state index contributed by atoms with van der Waals surface area (Å²) in [5, 5.41) is 3.25. The zero-order chi connectivity index (χ0) is 8.97. The molecule has 0 aliphatic heterocycles. The Morgan fingerprint density at radius 1 is 1.50 bits per heavy atom. The second kappa shape index (κ2) is 4.48. The zero-order valence-corrected chi connectivity index (χ0v) is 8.69. The molecule has 0 aliphatic carbocycles. The number of hydrogen-bond donors (Lipinski definition) is 2. The fourth-order valence-electron chi connectivity index (χ4n) is 0.967. The fourth-order valence-corrected chi connectivity index (χ4v) is 1.50. The minimum absolute atomic E-state index is 0.794. The van der Waals surface area contributed by atoms with E-state index in [9.17, 15) is 0 Å². The van der Waals surface area contributed by atoms with Gasteiger partial charge in [-0.3, -0.25) is 0 Å². The van der Waals surface area contributed by atoms with Crippen molar-refractivity contribution in [3.63, 3.8) is 0 Å². The van der Waals surface area contributed by atoms with Gasteiger partial charge in [0, 0.05) is 16.7 Å². The molecule has 0 saturated heterocycles. The number of hydrogen-bond acceptors (Lipinski definition) is 2. The molecule has 1 rings (SSSR count). The molecule has 3 heteroatoms. The molecular weight excluding hydrogens is 216 g/mol. The van der Waals surface area contributed by atoms with Gasteiger partial charge in [-0.15, -0.1) is 0 Å². The summed E-state index contributed by atoms with van der Waals surface area (Å²) < 4.78 is 1.07. The van der Waals surface area contributed by atoms with Gasteiger partial charge in [-0.1, -0.05) is 28.9 Å². The molecule has 0 saturated carbocycles. The first kappa shape index (κ1) is 9.55. The van der Waals surface area contributed by atoms with Crippen molar-refractivity contribution in [3.05, 3.63) is 28.2 Å². The molecule has 0 spiro atoms. The lowest BCUT2D eigenvalue weighted by atomic mass is 10.2. The van der Waals surface area contributed by atoms with E-state index in [-0.39, 0.29) is 0 Å². The molecule has 0 unspecified atom stereocenters. The lowest BCUT2D eigenvalue weighted by molar-refractivity contribution is 0.725. The minimum atomic E-state index is 0.794. The topological polar surface area (TPSA) is 38.0 Å². The van der Waals surface area contributed by atoms with Crippen molar-refractivity contribution in [1.82, 2.24) is 5.32 Å². The number of rotatable bonds is 3. The highest BCUT2D eigenvalue weighted by Gasteiger charge is 1.98. The second-order valence-corrected chi connectivity index (χ2v) is 3.49. The molecule has 0 aromatic heterocycles. The van der Waals surface area contributed by atoms with Crippen molar-refractivity contribution in [2.75, 3.05) is 12.3 Å². The number of halogens is 1. The molecule has 0 amide bonds. The van der Waals surface area contributed by atoms with Crippen molar-refractivity contribution in [2.24, 2.45) is 0 Å². The highest BCUT2D eigenvalue weighted by molar-refractivity contribution is 9.10. The molecule has 2 nitrogen and oxygen atoms in total. The molecule has 0 atom stereocenters. The van der Waals surface area contributed by atoms with Crippen molar-refractivity contribution in [3.8, 4) is 0 Å². The predicted octanol–water partition coefficient (Wildman–Crippen LogP) is 2.14. The molecular formula is C9H13BrN2. The Bertz CT molecular complexity index is 261. The average molecular weight is 229 g/mol. The molecule has 0 fully saturated rings. The summed E-state index contributed by atoms with van der Waals surface area (Å²) in [6, 6.07) is 5.87. The van der Waals surface area contributed by atoms with Gasteiger partial charge in [-0.05, 0) is 24.2 Å². The number of anilines is 1. The number of benzene rings is 1. The van der Waals surface area contributed by atoms with Crippen molar-refractivity contribution in [2.45, 2.75) is 13.5 Å². The van der Waals surface area contributed by atoms with E-state index in [0.29, 0.717) is 0 Å². The summed E-state index contributed by atoms with van der Waals surface area (Å²) in [6.45, 7) is 3.96. The normalized spacial score (nSPS) is 10.2. The first-order chi connectivity index (χ1) is 5.74. The van der Waals surface area contributed by atoms with E-state index in [1.165, 1.54) is 5.56 Å². The van der Waals surface area contributed by atoms with Crippen LogP contribution >= 0.6 is 15.9 Å². The summed E-state index contributed by atoms with van der Waals surface area (Å²) in [4.78, 5) is 0. The van der Waals surface area contributed by atoms with Gasteiger partial charge in [0.05, 0.1) is 0 Å². The molecule has 0 radical (unpaired) electrons. The molecule has 66 valence electrons. The van der Waals surface area contributed by atoms with Crippen LogP contribution in [0.1, 0.15) is 12.5 Å².